The largest absolute Gasteiger partial charge is 0.497 e. The Morgan fingerprint density at radius 3 is 2.80 bits per heavy atom. The van der Waals surface area contributed by atoms with E-state index in [2.05, 4.69) is 5.32 Å². The topological polar surface area (TPSA) is 47.6 Å². The molecule has 0 unspecified atom stereocenters. The highest BCUT2D eigenvalue weighted by Crippen LogP contribution is 2.16. The summed E-state index contributed by atoms with van der Waals surface area (Å²) in [5, 5.41) is 3.03. The van der Waals surface area contributed by atoms with Crippen LogP contribution in [0.1, 0.15) is 31.7 Å². The number of nitrogens with one attached hydrogen (secondary N) is 1. The van der Waals surface area contributed by atoms with Gasteiger partial charge >= 0.3 is 0 Å². The molecule has 2 atom stereocenters. The molecule has 1 amide bonds. The summed E-state index contributed by atoms with van der Waals surface area (Å²) in [6, 6.07) is 7.93. The van der Waals surface area contributed by atoms with Gasteiger partial charge in [-0.25, -0.2) is 0 Å². The fourth-order valence-corrected chi connectivity index (χ4v) is 2.47. The summed E-state index contributed by atoms with van der Waals surface area (Å²) in [5.41, 5.74) is 1.14. The number of carbonyl (C=O) groups excluding carboxylic acids is 1. The Bertz CT molecular complexity index is 424. The van der Waals surface area contributed by atoms with E-state index in [0.29, 0.717) is 6.42 Å². The summed E-state index contributed by atoms with van der Waals surface area (Å²) in [7, 11) is 1.65. The molecule has 1 saturated heterocycles. The Kier molecular flexibility index (Phi) is 5.41. The Hall–Kier alpha value is -1.55. The fourth-order valence-electron chi connectivity index (χ4n) is 2.47. The molecule has 0 saturated carbocycles. The lowest BCUT2D eigenvalue weighted by Crippen LogP contribution is -2.40. The molecule has 1 heterocycles. The molecule has 0 spiro atoms. The van der Waals surface area contributed by atoms with Crippen LogP contribution in [0.3, 0.4) is 0 Å². The molecule has 4 heteroatoms. The highest BCUT2D eigenvalue weighted by atomic mass is 16.5. The van der Waals surface area contributed by atoms with E-state index in [-0.39, 0.29) is 18.1 Å². The molecule has 0 aromatic heterocycles. The third-order valence-electron chi connectivity index (χ3n) is 3.71. The van der Waals surface area contributed by atoms with E-state index >= 15 is 0 Å². The molecule has 2 rings (SSSR count). The van der Waals surface area contributed by atoms with Crippen molar-refractivity contribution in [3.05, 3.63) is 29.8 Å². The molecule has 1 N–H and O–H groups in total. The van der Waals surface area contributed by atoms with E-state index in [1.165, 1.54) is 0 Å². The summed E-state index contributed by atoms with van der Waals surface area (Å²) in [6.45, 7) is 2.83. The van der Waals surface area contributed by atoms with Crippen molar-refractivity contribution in [3.63, 3.8) is 0 Å². The second-order valence-corrected chi connectivity index (χ2v) is 5.26. The maximum Gasteiger partial charge on any atom is 0.220 e. The van der Waals surface area contributed by atoms with E-state index in [9.17, 15) is 4.79 Å². The summed E-state index contributed by atoms with van der Waals surface area (Å²) < 4.78 is 10.7. The Labute approximate surface area is 120 Å². The molecule has 1 aliphatic heterocycles. The number of carbonyl (C=O) groups is 1. The van der Waals surface area contributed by atoms with E-state index < -0.39 is 0 Å². The highest BCUT2D eigenvalue weighted by molar-refractivity contribution is 5.76. The van der Waals surface area contributed by atoms with Gasteiger partial charge in [0.15, 0.2) is 0 Å². The molecule has 4 nitrogen and oxygen atoms in total. The van der Waals surface area contributed by atoms with Crippen LogP contribution in [0.15, 0.2) is 24.3 Å². The van der Waals surface area contributed by atoms with Gasteiger partial charge < -0.3 is 14.8 Å². The first kappa shape index (κ1) is 14.9. The molecule has 1 fully saturated rings. The number of hydrogen-bond acceptors (Lipinski definition) is 3. The molecule has 0 radical (unpaired) electrons. The van der Waals surface area contributed by atoms with Crippen molar-refractivity contribution >= 4 is 5.91 Å². The van der Waals surface area contributed by atoms with Gasteiger partial charge in [0.2, 0.25) is 5.91 Å². The van der Waals surface area contributed by atoms with Crippen LogP contribution in [0.2, 0.25) is 0 Å². The van der Waals surface area contributed by atoms with Crippen molar-refractivity contribution in [2.75, 3.05) is 13.7 Å². The minimum Gasteiger partial charge on any atom is -0.497 e. The maximum atomic E-state index is 11.9. The first-order valence-electron chi connectivity index (χ1n) is 7.23. The van der Waals surface area contributed by atoms with Gasteiger partial charge in [-0.15, -0.1) is 0 Å². The number of aryl methyl sites for hydroxylation is 1. The summed E-state index contributed by atoms with van der Waals surface area (Å²) in [4.78, 5) is 11.9. The smallest absolute Gasteiger partial charge is 0.220 e. The van der Waals surface area contributed by atoms with Gasteiger partial charge in [0.05, 0.1) is 19.3 Å². The zero-order valence-corrected chi connectivity index (χ0v) is 12.2. The molecule has 0 bridgehead atoms. The number of methoxy groups -OCH3 is 1. The van der Waals surface area contributed by atoms with E-state index in [1.807, 2.05) is 31.2 Å². The number of amides is 1. The van der Waals surface area contributed by atoms with Crippen LogP contribution in [-0.2, 0) is 16.0 Å². The van der Waals surface area contributed by atoms with Crippen molar-refractivity contribution in [2.24, 2.45) is 0 Å². The van der Waals surface area contributed by atoms with Crippen LogP contribution < -0.4 is 10.1 Å². The molecule has 110 valence electrons. The molecule has 1 aliphatic rings. The maximum absolute atomic E-state index is 11.9. The van der Waals surface area contributed by atoms with Gasteiger partial charge in [-0.3, -0.25) is 4.79 Å². The zero-order valence-electron chi connectivity index (χ0n) is 12.2. The van der Waals surface area contributed by atoms with E-state index in [1.54, 1.807) is 7.11 Å². The SMILES string of the molecule is COc1ccc(CCC(=O)N[C@H](C)[C@@H]2CCCO2)cc1. The molecular weight excluding hydrogens is 254 g/mol. The Morgan fingerprint density at radius 2 is 2.20 bits per heavy atom. The van der Waals surface area contributed by atoms with Gasteiger partial charge in [-0.1, -0.05) is 12.1 Å². The van der Waals surface area contributed by atoms with Crippen molar-refractivity contribution in [3.8, 4) is 5.75 Å². The quantitative estimate of drug-likeness (QED) is 0.868. The van der Waals surface area contributed by atoms with Crippen LogP contribution in [0.4, 0.5) is 0 Å². The minimum atomic E-state index is 0.0869. The monoisotopic (exact) mass is 277 g/mol. The lowest BCUT2D eigenvalue weighted by molar-refractivity contribution is -0.122. The molecule has 1 aromatic carbocycles. The van der Waals surface area contributed by atoms with Gasteiger partial charge in [0.1, 0.15) is 5.75 Å². The summed E-state index contributed by atoms with van der Waals surface area (Å²) in [6.07, 6.45) is 3.56. The van der Waals surface area contributed by atoms with E-state index in [0.717, 1.165) is 37.2 Å². The number of hydrogen-bond donors (Lipinski definition) is 1. The average Bonchev–Trinajstić information content (AvgIpc) is 3.00. The lowest BCUT2D eigenvalue weighted by atomic mass is 10.1. The van der Waals surface area contributed by atoms with E-state index in [4.69, 9.17) is 9.47 Å². The third-order valence-corrected chi connectivity index (χ3v) is 3.71. The summed E-state index contributed by atoms with van der Waals surface area (Å²) >= 11 is 0. The standard InChI is InChI=1S/C16H23NO3/c1-12(15-4-3-11-20-15)17-16(18)10-7-13-5-8-14(19-2)9-6-13/h5-6,8-9,12,15H,3-4,7,10-11H2,1-2H3,(H,17,18)/t12-,15+/m1/s1. The normalized spacial score (nSPS) is 19.6. The zero-order chi connectivity index (χ0) is 14.4. The van der Waals surface area contributed by atoms with Crippen molar-refractivity contribution in [1.29, 1.82) is 0 Å². The Morgan fingerprint density at radius 1 is 1.45 bits per heavy atom. The van der Waals surface area contributed by atoms with Crippen molar-refractivity contribution in [2.45, 2.75) is 44.8 Å². The average molecular weight is 277 g/mol. The second kappa shape index (κ2) is 7.29. The van der Waals surface area contributed by atoms with Crippen LogP contribution >= 0.6 is 0 Å². The third kappa shape index (κ3) is 4.23. The van der Waals surface area contributed by atoms with Gasteiger partial charge in [0, 0.05) is 13.0 Å². The number of ether oxygens (including phenoxy) is 2. The van der Waals surface area contributed by atoms with Gasteiger partial charge in [0.25, 0.3) is 0 Å². The lowest BCUT2D eigenvalue weighted by Gasteiger charge is -2.19. The molecule has 20 heavy (non-hydrogen) atoms. The first-order valence-corrected chi connectivity index (χ1v) is 7.23. The van der Waals surface area contributed by atoms with Crippen LogP contribution in [-0.4, -0.2) is 31.8 Å². The molecule has 0 aliphatic carbocycles. The van der Waals surface area contributed by atoms with Crippen LogP contribution in [0, 0.1) is 0 Å². The molecular formula is C16H23NO3. The minimum absolute atomic E-state index is 0.0869. The first-order chi connectivity index (χ1) is 9.69. The summed E-state index contributed by atoms with van der Waals surface area (Å²) in [5.74, 6) is 0.925. The fraction of sp³-hybridized carbons (Fsp3) is 0.562. The number of rotatable bonds is 6. The predicted octanol–water partition coefficient (Wildman–Crippen LogP) is 2.31. The Balaban J connectivity index is 1.73. The van der Waals surface area contributed by atoms with Crippen molar-refractivity contribution < 1.29 is 14.3 Å². The number of benzene rings is 1. The van der Waals surface area contributed by atoms with Crippen LogP contribution in [0.5, 0.6) is 5.75 Å². The van der Waals surface area contributed by atoms with Gasteiger partial charge in [-0.05, 0) is 43.9 Å². The van der Waals surface area contributed by atoms with Gasteiger partial charge in [-0.2, -0.15) is 0 Å². The van der Waals surface area contributed by atoms with Crippen LogP contribution in [0.25, 0.3) is 0 Å². The second-order valence-electron chi connectivity index (χ2n) is 5.26. The highest BCUT2D eigenvalue weighted by Gasteiger charge is 2.23. The predicted molar refractivity (Wildman–Crippen MR) is 77.9 cm³/mol. The van der Waals surface area contributed by atoms with Crippen molar-refractivity contribution in [1.82, 2.24) is 5.32 Å². The molecule has 1 aromatic rings.